The van der Waals surface area contributed by atoms with Gasteiger partial charge in [-0.3, -0.25) is 4.79 Å². The van der Waals surface area contributed by atoms with Crippen molar-refractivity contribution >= 4 is 29.3 Å². The molecule has 0 heterocycles. The van der Waals surface area contributed by atoms with Gasteiger partial charge in [0.25, 0.3) is 5.91 Å². The summed E-state index contributed by atoms with van der Waals surface area (Å²) < 4.78 is 4.94. The van der Waals surface area contributed by atoms with Crippen molar-refractivity contribution in [3.8, 4) is 0 Å². The van der Waals surface area contributed by atoms with Crippen LogP contribution in [0, 0.1) is 6.92 Å². The summed E-state index contributed by atoms with van der Waals surface area (Å²) in [4.78, 5) is 24.0. The molecule has 0 saturated heterocycles. The zero-order valence-electron chi connectivity index (χ0n) is 16.6. The quantitative estimate of drug-likeness (QED) is 0.729. The molecule has 0 aliphatic heterocycles. The van der Waals surface area contributed by atoms with Crippen molar-refractivity contribution in [2.75, 3.05) is 31.5 Å². The average molecular weight is 389 g/mol. The third kappa shape index (κ3) is 7.35. The molecule has 27 heavy (non-hydrogen) atoms. The molecule has 2 aromatic rings. The van der Waals surface area contributed by atoms with Crippen LogP contribution in [0.25, 0.3) is 0 Å². The van der Waals surface area contributed by atoms with E-state index in [1.165, 1.54) is 0 Å². The fourth-order valence-electron chi connectivity index (χ4n) is 2.31. The molecule has 0 aliphatic carbocycles. The lowest BCUT2D eigenvalue weighted by molar-refractivity contribution is 0.0526. The lowest BCUT2D eigenvalue weighted by Crippen LogP contribution is -2.23. The minimum absolute atomic E-state index is 0.141. The van der Waals surface area contributed by atoms with E-state index in [9.17, 15) is 9.59 Å². The van der Waals surface area contributed by atoms with Crippen LogP contribution in [0.4, 0.5) is 5.69 Å². The number of anilines is 1. The van der Waals surface area contributed by atoms with E-state index in [1.807, 2.05) is 49.8 Å². The molecule has 0 bridgehead atoms. The minimum Gasteiger partial charge on any atom is -0.462 e. The molecule has 2 N–H and O–H groups in total. The van der Waals surface area contributed by atoms with Crippen LogP contribution < -0.4 is 10.6 Å². The molecule has 146 valence electrons. The Kier molecular flexibility index (Phi) is 10.0. The summed E-state index contributed by atoms with van der Waals surface area (Å²) in [5, 5.41) is 5.92. The number of ether oxygens (including phenoxy) is 1. The highest BCUT2D eigenvalue weighted by atomic mass is 32.2. The van der Waals surface area contributed by atoms with Gasteiger partial charge in [0.15, 0.2) is 0 Å². The second kappa shape index (κ2) is 12.0. The maximum Gasteiger partial charge on any atom is 0.338 e. The molecular weight excluding hydrogens is 360 g/mol. The van der Waals surface area contributed by atoms with E-state index in [0.717, 1.165) is 16.8 Å². The van der Waals surface area contributed by atoms with E-state index in [4.69, 9.17) is 4.74 Å². The van der Waals surface area contributed by atoms with Crippen LogP contribution in [0.15, 0.2) is 42.5 Å². The maximum atomic E-state index is 12.4. The van der Waals surface area contributed by atoms with Gasteiger partial charge in [-0.15, -0.1) is 0 Å². The fraction of sp³-hybridized carbons (Fsp3) is 0.333. The molecular formula is C21H28N2O3S. The molecule has 0 radical (unpaired) electrons. The largest absolute Gasteiger partial charge is 0.462 e. The van der Waals surface area contributed by atoms with Crippen LogP contribution in [0.1, 0.15) is 38.8 Å². The van der Waals surface area contributed by atoms with E-state index in [1.54, 1.807) is 37.9 Å². The van der Waals surface area contributed by atoms with Crippen LogP contribution >= 0.6 is 11.8 Å². The molecule has 0 unspecified atom stereocenters. The van der Waals surface area contributed by atoms with Crippen LogP contribution in [0.2, 0.25) is 0 Å². The molecule has 0 fully saturated rings. The van der Waals surface area contributed by atoms with E-state index < -0.39 is 0 Å². The van der Waals surface area contributed by atoms with Crippen molar-refractivity contribution in [1.82, 2.24) is 5.32 Å². The normalized spacial score (nSPS) is 9.67. The van der Waals surface area contributed by atoms with E-state index in [0.29, 0.717) is 24.3 Å². The molecule has 0 aromatic heterocycles. The Morgan fingerprint density at radius 2 is 1.70 bits per heavy atom. The van der Waals surface area contributed by atoms with Gasteiger partial charge in [-0.25, -0.2) is 4.79 Å². The summed E-state index contributed by atoms with van der Waals surface area (Å²) in [5.41, 5.74) is 3.84. The van der Waals surface area contributed by atoms with Gasteiger partial charge in [0, 0.05) is 19.3 Å². The number of amides is 1. The van der Waals surface area contributed by atoms with Crippen LogP contribution in [-0.2, 0) is 11.3 Å². The van der Waals surface area contributed by atoms with E-state index in [2.05, 4.69) is 10.6 Å². The summed E-state index contributed by atoms with van der Waals surface area (Å²) in [5.74, 6) is -0.482. The van der Waals surface area contributed by atoms with Gasteiger partial charge in [-0.1, -0.05) is 23.8 Å². The lowest BCUT2D eigenvalue weighted by Gasteiger charge is -2.11. The van der Waals surface area contributed by atoms with Crippen molar-refractivity contribution in [2.24, 2.45) is 0 Å². The highest BCUT2D eigenvalue weighted by Crippen LogP contribution is 2.17. The van der Waals surface area contributed by atoms with Gasteiger partial charge in [0.2, 0.25) is 0 Å². The number of aryl methyl sites for hydroxylation is 1. The SMILES string of the molecule is CCOC(=O)c1ccc(CNC(=O)c2cc(C)ccc2NC)cc1.CSC. The summed E-state index contributed by atoms with van der Waals surface area (Å²) in [7, 11) is 1.79. The van der Waals surface area contributed by atoms with E-state index >= 15 is 0 Å². The third-order valence-electron chi connectivity index (χ3n) is 3.61. The van der Waals surface area contributed by atoms with Crippen molar-refractivity contribution in [3.05, 3.63) is 64.7 Å². The zero-order chi connectivity index (χ0) is 20.2. The van der Waals surface area contributed by atoms with Crippen molar-refractivity contribution in [3.63, 3.8) is 0 Å². The first kappa shape index (κ1) is 22.6. The fourth-order valence-corrected chi connectivity index (χ4v) is 2.31. The summed E-state index contributed by atoms with van der Waals surface area (Å²) in [6.45, 7) is 4.46. The Hall–Kier alpha value is -2.47. The molecule has 1 amide bonds. The Bertz CT molecular complexity index is 746. The van der Waals surface area contributed by atoms with Crippen LogP contribution in [-0.4, -0.2) is 38.0 Å². The number of nitrogens with one attached hydrogen (secondary N) is 2. The first-order valence-corrected chi connectivity index (χ1v) is 10.3. The smallest absolute Gasteiger partial charge is 0.338 e. The number of carbonyl (C=O) groups excluding carboxylic acids is 2. The highest BCUT2D eigenvalue weighted by Gasteiger charge is 2.11. The summed E-state index contributed by atoms with van der Waals surface area (Å²) >= 11 is 1.75. The van der Waals surface area contributed by atoms with Gasteiger partial charge in [0.05, 0.1) is 17.7 Å². The monoisotopic (exact) mass is 388 g/mol. The molecule has 2 rings (SSSR count). The predicted molar refractivity (Wildman–Crippen MR) is 114 cm³/mol. The second-order valence-corrected chi connectivity index (χ2v) is 6.62. The number of hydrogen-bond donors (Lipinski definition) is 2. The summed E-state index contributed by atoms with van der Waals surface area (Å²) in [6, 6.07) is 12.7. The standard InChI is InChI=1S/C19H22N2O3.C2H6S/c1-4-24-19(23)15-8-6-14(7-9-15)12-21-18(22)16-11-13(2)5-10-17(16)20-3;1-3-2/h5-11,20H,4,12H2,1-3H3,(H,21,22);1-2H3. The first-order valence-electron chi connectivity index (χ1n) is 8.69. The average Bonchev–Trinajstić information content (AvgIpc) is 2.67. The van der Waals surface area contributed by atoms with Crippen molar-refractivity contribution in [1.29, 1.82) is 0 Å². The molecule has 2 aromatic carbocycles. The van der Waals surface area contributed by atoms with Gasteiger partial charge < -0.3 is 15.4 Å². The number of carbonyl (C=O) groups is 2. The predicted octanol–water partition coefficient (Wildman–Crippen LogP) is 4.12. The Balaban J connectivity index is 0.00000114. The topological polar surface area (TPSA) is 67.4 Å². The van der Waals surface area contributed by atoms with Crippen molar-refractivity contribution < 1.29 is 14.3 Å². The van der Waals surface area contributed by atoms with E-state index in [-0.39, 0.29) is 11.9 Å². The Morgan fingerprint density at radius 3 is 2.26 bits per heavy atom. The molecule has 0 aliphatic rings. The molecule has 0 saturated carbocycles. The zero-order valence-corrected chi connectivity index (χ0v) is 17.4. The maximum absolute atomic E-state index is 12.4. The molecule has 5 nitrogen and oxygen atoms in total. The number of benzene rings is 2. The van der Waals surface area contributed by atoms with Crippen molar-refractivity contribution in [2.45, 2.75) is 20.4 Å². The third-order valence-corrected chi connectivity index (χ3v) is 3.61. The number of rotatable bonds is 6. The minimum atomic E-state index is -0.341. The lowest BCUT2D eigenvalue weighted by atomic mass is 10.1. The van der Waals surface area contributed by atoms with Gasteiger partial charge >= 0.3 is 5.97 Å². The number of hydrogen-bond acceptors (Lipinski definition) is 5. The Labute approximate surface area is 165 Å². The number of thioether (sulfide) groups is 1. The molecule has 6 heteroatoms. The number of esters is 1. The van der Waals surface area contributed by atoms with Gasteiger partial charge in [-0.05, 0) is 56.2 Å². The van der Waals surface area contributed by atoms with Crippen LogP contribution in [0.5, 0.6) is 0 Å². The van der Waals surface area contributed by atoms with Crippen LogP contribution in [0.3, 0.4) is 0 Å². The first-order chi connectivity index (χ1) is 13.0. The molecule has 0 atom stereocenters. The molecule has 0 spiro atoms. The Morgan fingerprint density at radius 1 is 1.07 bits per heavy atom. The van der Waals surface area contributed by atoms with Gasteiger partial charge in [-0.2, -0.15) is 11.8 Å². The highest BCUT2D eigenvalue weighted by molar-refractivity contribution is 7.97. The summed E-state index contributed by atoms with van der Waals surface area (Å²) in [6.07, 6.45) is 4.08. The second-order valence-electron chi connectivity index (χ2n) is 5.81. The van der Waals surface area contributed by atoms with Gasteiger partial charge in [0.1, 0.15) is 0 Å².